The summed E-state index contributed by atoms with van der Waals surface area (Å²) in [7, 11) is 1.57. The van der Waals surface area contributed by atoms with Gasteiger partial charge in [0, 0.05) is 17.5 Å². The maximum atomic E-state index is 12.8. The number of nitrogens with zero attached hydrogens (tertiary/aromatic N) is 2. The molecular formula is C25H30N4O4. The summed E-state index contributed by atoms with van der Waals surface area (Å²) >= 11 is 0. The predicted octanol–water partition coefficient (Wildman–Crippen LogP) is 3.11. The largest absolute Gasteiger partial charge is 0.495 e. The fourth-order valence-electron chi connectivity index (χ4n) is 5.30. The van der Waals surface area contributed by atoms with Crippen LogP contribution in [0.25, 0.3) is 0 Å². The number of rotatable bonds is 4. The molecule has 3 heterocycles. The van der Waals surface area contributed by atoms with Crippen molar-refractivity contribution in [2.75, 3.05) is 13.7 Å². The van der Waals surface area contributed by atoms with E-state index in [1.165, 1.54) is 5.56 Å². The van der Waals surface area contributed by atoms with Crippen molar-refractivity contribution < 1.29 is 19.0 Å². The Bertz CT molecular complexity index is 1080. The van der Waals surface area contributed by atoms with Gasteiger partial charge in [0.05, 0.1) is 13.3 Å². The molecule has 174 valence electrons. The molecule has 4 atom stereocenters. The minimum absolute atomic E-state index is 0.00656. The lowest BCUT2D eigenvalue weighted by atomic mass is 9.67. The molecule has 33 heavy (non-hydrogen) atoms. The third-order valence-corrected chi connectivity index (χ3v) is 7.11. The number of nitrogens with two attached hydrogens (primary N) is 1. The van der Waals surface area contributed by atoms with Crippen molar-refractivity contribution in [3.05, 3.63) is 53.3 Å². The van der Waals surface area contributed by atoms with Gasteiger partial charge in [-0.3, -0.25) is 4.79 Å². The van der Waals surface area contributed by atoms with Crippen molar-refractivity contribution in [2.24, 2.45) is 16.6 Å². The van der Waals surface area contributed by atoms with Gasteiger partial charge in [-0.15, -0.1) is 0 Å². The Labute approximate surface area is 193 Å². The molecule has 1 aromatic heterocycles. The molecule has 2 aromatic rings. The Hall–Kier alpha value is -3.29. The quantitative estimate of drug-likeness (QED) is 0.741. The smallest absolute Gasteiger partial charge is 0.283 e. The van der Waals surface area contributed by atoms with E-state index < -0.39 is 5.54 Å². The van der Waals surface area contributed by atoms with E-state index in [0.29, 0.717) is 24.0 Å². The summed E-state index contributed by atoms with van der Waals surface area (Å²) in [6, 6.07) is 9.96. The summed E-state index contributed by atoms with van der Waals surface area (Å²) in [5.74, 6) is 1.69. The molecule has 1 fully saturated rings. The number of pyridine rings is 1. The molecule has 0 saturated heterocycles. The number of benzene rings is 1. The highest BCUT2D eigenvalue weighted by atomic mass is 16.5. The third-order valence-electron chi connectivity index (χ3n) is 7.11. The highest BCUT2D eigenvalue weighted by Gasteiger charge is 2.55. The van der Waals surface area contributed by atoms with Crippen LogP contribution in [0.2, 0.25) is 0 Å². The summed E-state index contributed by atoms with van der Waals surface area (Å²) < 4.78 is 17.3. The molecule has 5 rings (SSSR count). The van der Waals surface area contributed by atoms with Gasteiger partial charge < -0.3 is 25.3 Å². The average Bonchev–Trinajstić information content (AvgIpc) is 3.21. The van der Waals surface area contributed by atoms with Crippen LogP contribution in [-0.2, 0) is 10.3 Å². The average molecular weight is 451 g/mol. The van der Waals surface area contributed by atoms with Crippen LogP contribution in [0.3, 0.4) is 0 Å². The van der Waals surface area contributed by atoms with Gasteiger partial charge in [-0.25, -0.2) is 9.98 Å². The summed E-state index contributed by atoms with van der Waals surface area (Å²) in [6.45, 7) is 4.73. The molecule has 1 amide bonds. The maximum Gasteiger partial charge on any atom is 0.283 e. The van der Waals surface area contributed by atoms with Crippen molar-refractivity contribution in [3.63, 3.8) is 0 Å². The van der Waals surface area contributed by atoms with Crippen LogP contribution in [0, 0.1) is 5.92 Å². The minimum atomic E-state index is -0.602. The van der Waals surface area contributed by atoms with Crippen LogP contribution in [0.1, 0.15) is 60.6 Å². The Morgan fingerprint density at radius 3 is 2.79 bits per heavy atom. The number of carbonyl (C=O) groups excluding carboxylic acids is 1. The molecule has 3 N–H and O–H groups in total. The molecule has 0 bridgehead atoms. The summed E-state index contributed by atoms with van der Waals surface area (Å²) in [5.41, 5.74) is 8.05. The van der Waals surface area contributed by atoms with E-state index in [4.69, 9.17) is 24.9 Å². The van der Waals surface area contributed by atoms with Crippen molar-refractivity contribution in [2.45, 2.75) is 56.7 Å². The van der Waals surface area contributed by atoms with Crippen LogP contribution < -0.4 is 20.5 Å². The number of aliphatic imine (C=N–C) groups is 1. The maximum absolute atomic E-state index is 12.8. The lowest BCUT2D eigenvalue weighted by Gasteiger charge is -2.48. The molecule has 1 aliphatic carbocycles. The second-order valence-electron chi connectivity index (χ2n) is 9.40. The second-order valence-corrected chi connectivity index (χ2v) is 9.40. The number of hydrogen-bond acceptors (Lipinski definition) is 7. The van der Waals surface area contributed by atoms with Gasteiger partial charge >= 0.3 is 0 Å². The molecular weight excluding hydrogens is 420 g/mol. The number of nitrogens with one attached hydrogen (secondary N) is 1. The number of carbonyl (C=O) groups is 1. The number of amidine groups is 1. The lowest BCUT2D eigenvalue weighted by Crippen LogP contribution is -2.54. The van der Waals surface area contributed by atoms with E-state index in [1.54, 1.807) is 25.4 Å². The monoisotopic (exact) mass is 450 g/mol. The molecule has 2 aliphatic heterocycles. The van der Waals surface area contributed by atoms with Gasteiger partial charge in [0.1, 0.15) is 35.4 Å². The first-order chi connectivity index (χ1) is 15.9. The SMILES string of the molecule is COc1ccc(C(=O)N[C@@H]2CC[C@H]3Oc4ccc(C(C)C)cc4[C@]4(COC(N)=N4)[C@@H]3C2)nc1. The summed E-state index contributed by atoms with van der Waals surface area (Å²) in [4.78, 5) is 21.9. The highest BCUT2D eigenvalue weighted by molar-refractivity contribution is 5.92. The Kier molecular flexibility index (Phi) is 5.38. The molecule has 1 saturated carbocycles. The third kappa shape index (κ3) is 3.77. The van der Waals surface area contributed by atoms with E-state index in [1.807, 2.05) is 0 Å². The van der Waals surface area contributed by atoms with E-state index in [9.17, 15) is 4.79 Å². The molecule has 1 spiro atoms. The molecule has 8 nitrogen and oxygen atoms in total. The Morgan fingerprint density at radius 1 is 1.27 bits per heavy atom. The fourth-order valence-corrected chi connectivity index (χ4v) is 5.30. The van der Waals surface area contributed by atoms with Crippen LogP contribution in [-0.4, -0.2) is 42.8 Å². The lowest BCUT2D eigenvalue weighted by molar-refractivity contribution is -0.00197. The minimum Gasteiger partial charge on any atom is -0.495 e. The first kappa shape index (κ1) is 21.6. The van der Waals surface area contributed by atoms with Gasteiger partial charge in [0.25, 0.3) is 11.9 Å². The van der Waals surface area contributed by atoms with Crippen LogP contribution in [0.15, 0.2) is 41.5 Å². The normalized spacial score (nSPS) is 27.8. The summed E-state index contributed by atoms with van der Waals surface area (Å²) in [6.07, 6.45) is 3.89. The molecule has 0 radical (unpaired) electrons. The topological polar surface area (TPSA) is 108 Å². The molecule has 3 aliphatic rings. The Balaban J connectivity index is 1.42. The van der Waals surface area contributed by atoms with Gasteiger partial charge in [-0.2, -0.15) is 0 Å². The number of methoxy groups -OCH3 is 1. The van der Waals surface area contributed by atoms with Gasteiger partial charge in [0.2, 0.25) is 0 Å². The first-order valence-electron chi connectivity index (χ1n) is 11.5. The number of hydrogen-bond donors (Lipinski definition) is 2. The molecule has 1 aromatic carbocycles. The van der Waals surface area contributed by atoms with E-state index in [0.717, 1.165) is 30.6 Å². The molecule has 8 heteroatoms. The van der Waals surface area contributed by atoms with Gasteiger partial charge in [-0.1, -0.05) is 19.9 Å². The van der Waals surface area contributed by atoms with Crippen LogP contribution in [0.4, 0.5) is 0 Å². The zero-order valence-corrected chi connectivity index (χ0v) is 19.2. The van der Waals surface area contributed by atoms with Gasteiger partial charge in [-0.05, 0) is 55.0 Å². The summed E-state index contributed by atoms with van der Waals surface area (Å²) in [5, 5.41) is 3.16. The zero-order chi connectivity index (χ0) is 23.2. The number of amides is 1. The van der Waals surface area contributed by atoms with Crippen molar-refractivity contribution in [3.8, 4) is 11.5 Å². The van der Waals surface area contributed by atoms with E-state index in [2.05, 4.69) is 42.3 Å². The van der Waals surface area contributed by atoms with Crippen LogP contribution >= 0.6 is 0 Å². The number of aromatic nitrogens is 1. The Morgan fingerprint density at radius 2 is 2.12 bits per heavy atom. The van der Waals surface area contributed by atoms with Gasteiger partial charge in [0.15, 0.2) is 0 Å². The second kappa shape index (κ2) is 8.24. The van der Waals surface area contributed by atoms with Crippen molar-refractivity contribution in [1.82, 2.24) is 10.3 Å². The highest BCUT2D eigenvalue weighted by Crippen LogP contribution is 2.52. The zero-order valence-electron chi connectivity index (χ0n) is 19.2. The van der Waals surface area contributed by atoms with Crippen molar-refractivity contribution in [1.29, 1.82) is 0 Å². The molecule has 0 unspecified atom stereocenters. The van der Waals surface area contributed by atoms with Crippen molar-refractivity contribution >= 4 is 11.9 Å². The van der Waals surface area contributed by atoms with E-state index >= 15 is 0 Å². The standard InChI is InChI=1S/C25H30N4O4/c1-14(2)15-4-8-21-18(10-15)25(13-32-24(26)29-25)19-11-16(5-9-22(19)33-21)28-23(30)20-7-6-17(31-3)12-27-20/h4,6-8,10,12,14,16,19,22H,5,9,11,13H2,1-3H3,(H2,26,29)(H,28,30)/t16-,19-,22-,25-/m1/s1. The fraction of sp³-hybridized carbons (Fsp3) is 0.480. The van der Waals surface area contributed by atoms with Crippen LogP contribution in [0.5, 0.6) is 11.5 Å². The van der Waals surface area contributed by atoms with E-state index in [-0.39, 0.29) is 30.0 Å². The first-order valence-corrected chi connectivity index (χ1v) is 11.5. The number of ether oxygens (including phenoxy) is 3. The number of fused-ring (bicyclic) bond motifs is 4. The predicted molar refractivity (Wildman–Crippen MR) is 124 cm³/mol.